The van der Waals surface area contributed by atoms with E-state index in [1.165, 1.54) is 0 Å². The molecule has 0 spiro atoms. The van der Waals surface area contributed by atoms with Gasteiger partial charge in [-0.2, -0.15) is 0 Å². The zero-order chi connectivity index (χ0) is 69.6. The van der Waals surface area contributed by atoms with Crippen LogP contribution in [0.3, 0.4) is 0 Å². The first-order valence-electron chi connectivity index (χ1n) is 31.6. The Morgan fingerprint density at radius 1 is 0.308 bits per heavy atom. The highest BCUT2D eigenvalue weighted by Gasteiger charge is 2.28. The van der Waals surface area contributed by atoms with Crippen LogP contribution in [-0.2, 0) is 103 Å². The van der Waals surface area contributed by atoms with E-state index in [0.717, 1.165) is 19.3 Å². The van der Waals surface area contributed by atoms with Crippen molar-refractivity contribution in [3.05, 3.63) is 0 Å². The monoisotopic (exact) mass is 1430 g/mol. The first-order chi connectivity index (χ1) is 42.6. The fourth-order valence-electron chi connectivity index (χ4n) is 5.83. The third kappa shape index (κ3) is 60.8. The van der Waals surface area contributed by atoms with Crippen molar-refractivity contribution in [2.45, 2.75) is 162 Å². The Balaban J connectivity index is -0.00000128. The number of aliphatic hydroxyl groups is 3. The molecule has 0 rings (SSSR count). The zero-order valence-corrected chi connectivity index (χ0v) is 61.6. The highest BCUT2D eigenvalue weighted by molar-refractivity contribution is 7.59. The van der Waals surface area contributed by atoms with Gasteiger partial charge in [0.15, 0.2) is 0 Å². The van der Waals surface area contributed by atoms with Crippen molar-refractivity contribution in [3.63, 3.8) is 0 Å². The van der Waals surface area contributed by atoms with Gasteiger partial charge in [0.1, 0.15) is 24.1 Å². The summed E-state index contributed by atoms with van der Waals surface area (Å²) >= 11 is 0. The lowest BCUT2D eigenvalue weighted by atomic mass is 10.0. The summed E-state index contributed by atoms with van der Waals surface area (Å²) in [6, 6.07) is 0. The van der Waals surface area contributed by atoms with Gasteiger partial charge in [0.05, 0.1) is 189 Å². The molecular weight excluding hydrogens is 1300 g/mol. The SMILES string of the molecule is CC(C)C(=O)CCCCOCCOCCOCCOCC(O)COP(=O)(O)C(C)C.CC(C)P(=O)(O)CCCCOCCOCCOCCOCC(O)COP(=O)(O)C(C)C.CC(C)P(C)(=O)OCCOCCOCCOCCOCC(O)COP(=O)(O)C(C)C. The van der Waals surface area contributed by atoms with Crippen LogP contribution in [0.2, 0.25) is 0 Å². The number of carbonyl (C=O) groups is 1. The van der Waals surface area contributed by atoms with Crippen molar-refractivity contribution in [1.82, 2.24) is 0 Å². The number of aliphatic hydroxyl groups excluding tert-OH is 3. The molecule has 0 radical (unpaired) electrons. The van der Waals surface area contributed by atoms with E-state index in [4.69, 9.17) is 74.9 Å². The molecule has 550 valence electrons. The van der Waals surface area contributed by atoms with E-state index in [1.54, 1.807) is 62.1 Å². The van der Waals surface area contributed by atoms with Crippen molar-refractivity contribution in [1.29, 1.82) is 0 Å². The molecule has 29 nitrogen and oxygen atoms in total. The maximum Gasteiger partial charge on any atom is 0.330 e. The molecule has 0 aliphatic rings. The van der Waals surface area contributed by atoms with Gasteiger partial charge in [-0.15, -0.1) is 0 Å². The minimum atomic E-state index is -3.68. The summed E-state index contributed by atoms with van der Waals surface area (Å²) in [6.07, 6.45) is 1.18. The summed E-state index contributed by atoms with van der Waals surface area (Å²) in [5, 5.41) is 29.0. The molecule has 0 aliphatic carbocycles. The summed E-state index contributed by atoms with van der Waals surface area (Å²) in [5.74, 6) is 0.409. The lowest BCUT2D eigenvalue weighted by Gasteiger charge is -2.18. The van der Waals surface area contributed by atoms with Gasteiger partial charge in [-0.25, -0.2) is 0 Å². The average molecular weight is 1430 g/mol. The molecule has 0 saturated carbocycles. The number of carbonyl (C=O) groups excluding carboxylic acids is 1. The van der Waals surface area contributed by atoms with Crippen LogP contribution in [0.25, 0.3) is 0 Å². The van der Waals surface area contributed by atoms with Crippen LogP contribution in [-0.4, -0.2) is 285 Å². The summed E-state index contributed by atoms with van der Waals surface area (Å²) in [7, 11) is -16.6. The molecule has 91 heavy (non-hydrogen) atoms. The molecule has 0 aromatic heterocycles. The van der Waals surface area contributed by atoms with E-state index in [1.807, 2.05) is 27.7 Å². The normalized spacial score (nSPS) is 16.4. The van der Waals surface area contributed by atoms with Gasteiger partial charge in [0.2, 0.25) is 14.7 Å². The minimum absolute atomic E-state index is 0.000917. The van der Waals surface area contributed by atoms with Gasteiger partial charge in [0, 0.05) is 49.7 Å². The molecule has 0 aliphatic heterocycles. The first kappa shape index (κ1) is 95.1. The first-order valence-corrected chi connectivity index (χ1v) is 40.6. The number of hydrogen-bond acceptors (Lipinski definition) is 25. The largest absolute Gasteiger partial charge is 0.388 e. The van der Waals surface area contributed by atoms with E-state index >= 15 is 0 Å². The molecule has 0 heterocycles. The Kier molecular flexibility index (Phi) is 61.5. The maximum absolute atomic E-state index is 12.0. The molecule has 8 atom stereocenters. The molecule has 8 unspecified atom stereocenters. The van der Waals surface area contributed by atoms with Gasteiger partial charge in [-0.1, -0.05) is 83.1 Å². The topological polar surface area (TPSA) is 392 Å². The number of unbranched alkanes of at least 4 members (excludes halogenated alkanes) is 2. The Bertz CT molecular complexity index is 1940. The molecule has 0 fully saturated rings. The van der Waals surface area contributed by atoms with Gasteiger partial charge >= 0.3 is 22.8 Å². The second-order valence-corrected chi connectivity index (χ2v) is 36.1. The number of rotatable bonds is 62. The van der Waals surface area contributed by atoms with E-state index in [2.05, 4.69) is 0 Å². The van der Waals surface area contributed by atoms with Crippen LogP contribution >= 0.6 is 37.5 Å². The van der Waals surface area contributed by atoms with Crippen LogP contribution in [0.4, 0.5) is 0 Å². The van der Waals surface area contributed by atoms with E-state index in [-0.39, 0.29) is 70.1 Å². The Hall–Kier alpha value is -0.1000. The number of hydrogen-bond donors (Lipinski definition) is 7. The van der Waals surface area contributed by atoms with Gasteiger partial charge in [-0.05, 0) is 25.7 Å². The lowest BCUT2D eigenvalue weighted by molar-refractivity contribution is -0.122. The maximum atomic E-state index is 12.0. The van der Waals surface area contributed by atoms with Gasteiger partial charge in [0.25, 0.3) is 0 Å². The summed E-state index contributed by atoms with van der Waals surface area (Å²) in [5.41, 5.74) is -1.75. The smallest absolute Gasteiger partial charge is 0.330 e. The van der Waals surface area contributed by atoms with E-state index in [9.17, 15) is 62.5 Å². The van der Waals surface area contributed by atoms with Crippen molar-refractivity contribution >= 4 is 43.3 Å². The molecule has 34 heteroatoms. The summed E-state index contributed by atoms with van der Waals surface area (Å²) in [4.78, 5) is 49.7. The molecule has 0 saturated heterocycles. The number of ketones is 1. The molecular formula is C57H123O29P5. The van der Waals surface area contributed by atoms with Crippen molar-refractivity contribution < 1.29 is 137 Å². The summed E-state index contributed by atoms with van der Waals surface area (Å²) < 4.78 is 142. The predicted octanol–water partition coefficient (Wildman–Crippen LogP) is 7.26. The minimum Gasteiger partial charge on any atom is -0.388 e. The van der Waals surface area contributed by atoms with E-state index in [0.29, 0.717) is 157 Å². The highest BCUT2D eigenvalue weighted by atomic mass is 31.2. The second-order valence-electron chi connectivity index (χ2n) is 22.8. The lowest BCUT2D eigenvalue weighted by Crippen LogP contribution is -2.23. The summed E-state index contributed by atoms with van der Waals surface area (Å²) in [6.45, 7) is 30.4. The highest BCUT2D eigenvalue weighted by Crippen LogP contribution is 2.49. The predicted molar refractivity (Wildman–Crippen MR) is 348 cm³/mol. The number of ether oxygens (including phenoxy) is 12. The zero-order valence-electron chi connectivity index (χ0n) is 57.1. The van der Waals surface area contributed by atoms with Gasteiger partial charge < -0.3 is 110 Å². The Morgan fingerprint density at radius 2 is 0.560 bits per heavy atom. The fraction of sp³-hybridized carbons (Fsp3) is 0.982. The fourth-order valence-corrected chi connectivity index (χ4v) is 9.81. The van der Waals surface area contributed by atoms with E-state index < -0.39 is 72.8 Å². The Labute approximate surface area is 544 Å². The van der Waals surface area contributed by atoms with Crippen LogP contribution in [0, 0.1) is 5.92 Å². The van der Waals surface area contributed by atoms with Crippen molar-refractivity contribution in [2.24, 2.45) is 5.92 Å². The third-order valence-corrected chi connectivity index (χ3v) is 23.2. The molecule has 7 N–H and O–H groups in total. The van der Waals surface area contributed by atoms with Crippen LogP contribution in [0.15, 0.2) is 0 Å². The van der Waals surface area contributed by atoms with Crippen LogP contribution in [0.5, 0.6) is 0 Å². The second kappa shape index (κ2) is 58.8. The Morgan fingerprint density at radius 3 is 0.813 bits per heavy atom. The molecule has 0 amide bonds. The quantitative estimate of drug-likeness (QED) is 0.0232. The van der Waals surface area contributed by atoms with Crippen molar-refractivity contribution in [2.75, 3.05) is 198 Å². The van der Waals surface area contributed by atoms with Gasteiger partial charge in [-0.3, -0.25) is 27.6 Å². The third-order valence-electron chi connectivity index (χ3n) is 12.5. The molecule has 0 aromatic rings. The number of Topliss-reactive ketones (excluding diaryl/α,β-unsaturated/α-hetero) is 1. The van der Waals surface area contributed by atoms with Crippen molar-refractivity contribution in [3.8, 4) is 0 Å². The van der Waals surface area contributed by atoms with Crippen LogP contribution < -0.4 is 0 Å². The standard InChI is InChI=1S/C20H41O9P.C19H42O10P2.C18H40O10P2/c1-17(2)20(22)7-5-6-8-25-9-10-26-11-12-27-13-14-28-15-19(21)16-29-30(23,24)18(3)4;1-17(2)30(21,22)14-6-5-7-25-8-9-26-10-11-27-12-13-28-15-19(20)16-29-31(23,24)18(3)4;1-16(2)29(5,20)27-13-12-25-9-8-23-6-7-24-10-11-26-14-18(19)15-28-30(21,22)17(3)4/h17-19,21H,5-16H2,1-4H3,(H,23,24);17-20H,5-16H2,1-4H3,(H,21,22)(H,23,24);16-19H,6-15H2,1-5H3,(H,21,22). The average Bonchev–Trinajstić information content (AvgIpc) is 3.69. The molecule has 0 aromatic carbocycles. The van der Waals surface area contributed by atoms with Crippen LogP contribution in [0.1, 0.15) is 115 Å². The molecule has 0 bridgehead atoms.